The molecular formula is C16H19NO2. The van der Waals surface area contributed by atoms with Crippen LogP contribution in [0.4, 0.5) is 0 Å². The molecule has 0 spiro atoms. The van der Waals surface area contributed by atoms with E-state index < -0.39 is 0 Å². The SMILES string of the molecule is OCc1ccc(CNCCOc2ccccc2)cc1. The summed E-state index contributed by atoms with van der Waals surface area (Å²) in [5.74, 6) is 0.900. The predicted octanol–water partition coefficient (Wildman–Crippen LogP) is 2.35. The lowest BCUT2D eigenvalue weighted by Crippen LogP contribution is -2.20. The van der Waals surface area contributed by atoms with Gasteiger partial charge in [-0.2, -0.15) is 0 Å². The van der Waals surface area contributed by atoms with E-state index in [9.17, 15) is 0 Å². The third-order valence-electron chi connectivity index (χ3n) is 2.83. The maximum absolute atomic E-state index is 8.95. The molecule has 0 aromatic heterocycles. The molecule has 0 unspecified atom stereocenters. The van der Waals surface area contributed by atoms with Crippen molar-refractivity contribution < 1.29 is 9.84 Å². The molecule has 0 aliphatic carbocycles. The van der Waals surface area contributed by atoms with Crippen LogP contribution in [0, 0.1) is 0 Å². The summed E-state index contributed by atoms with van der Waals surface area (Å²) in [5, 5.41) is 12.3. The van der Waals surface area contributed by atoms with Gasteiger partial charge in [0.1, 0.15) is 12.4 Å². The van der Waals surface area contributed by atoms with E-state index in [0.29, 0.717) is 6.61 Å². The van der Waals surface area contributed by atoms with E-state index in [2.05, 4.69) is 5.32 Å². The molecule has 3 nitrogen and oxygen atoms in total. The molecule has 100 valence electrons. The second kappa shape index (κ2) is 7.56. The summed E-state index contributed by atoms with van der Waals surface area (Å²) >= 11 is 0. The number of nitrogens with one attached hydrogen (secondary N) is 1. The van der Waals surface area contributed by atoms with Crippen LogP contribution in [0.2, 0.25) is 0 Å². The monoisotopic (exact) mass is 257 g/mol. The Morgan fingerprint density at radius 1 is 0.895 bits per heavy atom. The molecule has 3 heteroatoms. The molecule has 2 aromatic carbocycles. The van der Waals surface area contributed by atoms with Gasteiger partial charge in [-0.25, -0.2) is 0 Å². The highest BCUT2D eigenvalue weighted by Crippen LogP contribution is 2.07. The topological polar surface area (TPSA) is 41.5 Å². The van der Waals surface area contributed by atoms with E-state index in [-0.39, 0.29) is 6.61 Å². The zero-order valence-corrected chi connectivity index (χ0v) is 10.9. The zero-order chi connectivity index (χ0) is 13.3. The zero-order valence-electron chi connectivity index (χ0n) is 10.9. The van der Waals surface area contributed by atoms with Crippen LogP contribution in [0.25, 0.3) is 0 Å². The second-order valence-corrected chi connectivity index (χ2v) is 4.31. The largest absolute Gasteiger partial charge is 0.492 e. The summed E-state index contributed by atoms with van der Waals surface area (Å²) < 4.78 is 5.58. The summed E-state index contributed by atoms with van der Waals surface area (Å²) in [4.78, 5) is 0. The number of benzene rings is 2. The number of ether oxygens (including phenoxy) is 1. The lowest BCUT2D eigenvalue weighted by Gasteiger charge is -2.07. The average Bonchev–Trinajstić information content (AvgIpc) is 2.49. The van der Waals surface area contributed by atoms with Gasteiger partial charge in [0, 0.05) is 13.1 Å². The molecular weight excluding hydrogens is 238 g/mol. The average molecular weight is 257 g/mol. The molecule has 0 amide bonds. The Hall–Kier alpha value is -1.84. The van der Waals surface area contributed by atoms with E-state index in [4.69, 9.17) is 9.84 Å². The van der Waals surface area contributed by atoms with Crippen molar-refractivity contribution >= 4 is 0 Å². The second-order valence-electron chi connectivity index (χ2n) is 4.31. The molecule has 19 heavy (non-hydrogen) atoms. The Morgan fingerprint density at radius 3 is 2.26 bits per heavy atom. The van der Waals surface area contributed by atoms with Crippen molar-refractivity contribution in [2.24, 2.45) is 0 Å². The Bertz CT molecular complexity index is 468. The summed E-state index contributed by atoms with van der Waals surface area (Å²) in [6.07, 6.45) is 0. The number of aliphatic hydroxyl groups is 1. The molecule has 0 saturated heterocycles. The molecule has 0 bridgehead atoms. The summed E-state index contributed by atoms with van der Waals surface area (Å²) in [6.45, 7) is 2.36. The van der Waals surface area contributed by atoms with Gasteiger partial charge in [0.05, 0.1) is 6.61 Å². The van der Waals surface area contributed by atoms with Crippen molar-refractivity contribution in [3.63, 3.8) is 0 Å². The first-order valence-corrected chi connectivity index (χ1v) is 6.46. The third-order valence-corrected chi connectivity index (χ3v) is 2.83. The summed E-state index contributed by atoms with van der Waals surface area (Å²) in [6, 6.07) is 17.7. The van der Waals surface area contributed by atoms with Crippen LogP contribution in [-0.4, -0.2) is 18.3 Å². The molecule has 0 aliphatic heterocycles. The lowest BCUT2D eigenvalue weighted by atomic mass is 10.1. The van der Waals surface area contributed by atoms with Crippen LogP contribution in [0.3, 0.4) is 0 Å². The maximum Gasteiger partial charge on any atom is 0.119 e. The Labute approximate surface area is 113 Å². The fourth-order valence-electron chi connectivity index (χ4n) is 1.75. The van der Waals surface area contributed by atoms with Crippen LogP contribution >= 0.6 is 0 Å². The first kappa shape index (κ1) is 13.6. The number of hydrogen-bond donors (Lipinski definition) is 2. The first-order valence-electron chi connectivity index (χ1n) is 6.46. The van der Waals surface area contributed by atoms with Gasteiger partial charge in [0.25, 0.3) is 0 Å². The van der Waals surface area contributed by atoms with Gasteiger partial charge in [-0.1, -0.05) is 42.5 Å². The standard InChI is InChI=1S/C16H19NO2/c18-13-15-8-6-14(7-9-15)12-17-10-11-19-16-4-2-1-3-5-16/h1-9,17-18H,10-13H2. The smallest absolute Gasteiger partial charge is 0.119 e. The van der Waals surface area contributed by atoms with Crippen LogP contribution in [-0.2, 0) is 13.2 Å². The van der Waals surface area contributed by atoms with Gasteiger partial charge in [0.2, 0.25) is 0 Å². The lowest BCUT2D eigenvalue weighted by molar-refractivity contribution is 0.282. The molecule has 0 atom stereocenters. The highest BCUT2D eigenvalue weighted by molar-refractivity contribution is 5.22. The quantitative estimate of drug-likeness (QED) is 0.748. The highest BCUT2D eigenvalue weighted by atomic mass is 16.5. The normalized spacial score (nSPS) is 10.4. The van der Waals surface area contributed by atoms with Crippen LogP contribution in [0.5, 0.6) is 5.75 Å². The number of hydrogen-bond acceptors (Lipinski definition) is 3. The van der Waals surface area contributed by atoms with Gasteiger partial charge in [-0.05, 0) is 23.3 Å². The van der Waals surface area contributed by atoms with E-state index in [0.717, 1.165) is 24.4 Å². The number of para-hydroxylation sites is 1. The van der Waals surface area contributed by atoms with Gasteiger partial charge in [0.15, 0.2) is 0 Å². The summed E-state index contributed by atoms with van der Waals surface area (Å²) in [5.41, 5.74) is 2.15. The van der Waals surface area contributed by atoms with Crippen molar-refractivity contribution in [3.05, 3.63) is 65.7 Å². The fourth-order valence-corrected chi connectivity index (χ4v) is 1.75. The van der Waals surface area contributed by atoms with Crippen molar-refractivity contribution in [3.8, 4) is 5.75 Å². The molecule has 0 saturated carbocycles. The van der Waals surface area contributed by atoms with E-state index in [1.165, 1.54) is 5.56 Å². The van der Waals surface area contributed by atoms with Gasteiger partial charge in [-0.3, -0.25) is 0 Å². The minimum atomic E-state index is 0.0959. The molecule has 0 fully saturated rings. The van der Waals surface area contributed by atoms with E-state index in [1.807, 2.05) is 54.6 Å². The van der Waals surface area contributed by atoms with Crippen LogP contribution in [0.1, 0.15) is 11.1 Å². The van der Waals surface area contributed by atoms with Gasteiger partial charge >= 0.3 is 0 Å². The van der Waals surface area contributed by atoms with Crippen molar-refractivity contribution in [1.29, 1.82) is 0 Å². The Kier molecular flexibility index (Phi) is 5.41. The molecule has 0 radical (unpaired) electrons. The van der Waals surface area contributed by atoms with Gasteiger partial charge in [-0.15, -0.1) is 0 Å². The van der Waals surface area contributed by atoms with Crippen LogP contribution in [0.15, 0.2) is 54.6 Å². The minimum absolute atomic E-state index is 0.0959. The minimum Gasteiger partial charge on any atom is -0.492 e. The van der Waals surface area contributed by atoms with Crippen molar-refractivity contribution in [1.82, 2.24) is 5.32 Å². The first-order chi connectivity index (χ1) is 9.38. The third kappa shape index (κ3) is 4.73. The summed E-state index contributed by atoms with van der Waals surface area (Å²) in [7, 11) is 0. The molecule has 2 aromatic rings. The van der Waals surface area contributed by atoms with Gasteiger partial charge < -0.3 is 15.2 Å². The Morgan fingerprint density at radius 2 is 1.58 bits per heavy atom. The molecule has 0 aliphatic rings. The maximum atomic E-state index is 8.95. The highest BCUT2D eigenvalue weighted by Gasteiger charge is 1.95. The predicted molar refractivity (Wildman–Crippen MR) is 76.0 cm³/mol. The van der Waals surface area contributed by atoms with Crippen LogP contribution < -0.4 is 10.1 Å². The van der Waals surface area contributed by atoms with Crippen molar-refractivity contribution in [2.75, 3.05) is 13.2 Å². The Balaban J connectivity index is 1.63. The van der Waals surface area contributed by atoms with E-state index in [1.54, 1.807) is 0 Å². The van der Waals surface area contributed by atoms with E-state index >= 15 is 0 Å². The molecule has 2 rings (SSSR count). The molecule has 2 N–H and O–H groups in total. The number of rotatable bonds is 7. The van der Waals surface area contributed by atoms with Crippen molar-refractivity contribution in [2.45, 2.75) is 13.2 Å². The molecule has 0 heterocycles. The fraction of sp³-hybridized carbons (Fsp3) is 0.250. The number of aliphatic hydroxyl groups excluding tert-OH is 1.